The summed E-state index contributed by atoms with van der Waals surface area (Å²) in [6.07, 6.45) is 3.54. The molecule has 0 radical (unpaired) electrons. The van der Waals surface area contributed by atoms with Crippen molar-refractivity contribution in [3.05, 3.63) is 36.2 Å². The van der Waals surface area contributed by atoms with Gasteiger partial charge in [-0.25, -0.2) is 0 Å². The predicted molar refractivity (Wildman–Crippen MR) is 86.0 cm³/mol. The van der Waals surface area contributed by atoms with Gasteiger partial charge in [0, 0.05) is 24.9 Å². The van der Waals surface area contributed by atoms with E-state index in [-0.39, 0.29) is 18.7 Å². The summed E-state index contributed by atoms with van der Waals surface area (Å²) in [6, 6.07) is 7.66. The van der Waals surface area contributed by atoms with Crippen LogP contribution < -0.4 is 4.74 Å². The molecular weight excluding hydrogens is 294 g/mol. The third kappa shape index (κ3) is 3.53. The van der Waals surface area contributed by atoms with Crippen molar-refractivity contribution in [3.63, 3.8) is 0 Å². The smallest absolute Gasteiger partial charge is 0.262 e. The maximum atomic E-state index is 12.2. The Morgan fingerprint density at radius 2 is 2.39 bits per heavy atom. The predicted octanol–water partition coefficient (Wildman–Crippen LogP) is 2.36. The van der Waals surface area contributed by atoms with Gasteiger partial charge in [0.15, 0.2) is 6.61 Å². The van der Waals surface area contributed by atoms with Gasteiger partial charge in [-0.1, -0.05) is 12.1 Å². The van der Waals surface area contributed by atoms with E-state index in [9.17, 15) is 4.79 Å². The second-order valence-corrected chi connectivity index (χ2v) is 5.70. The fourth-order valence-electron chi connectivity index (χ4n) is 2.67. The molecule has 1 aromatic carbocycles. The van der Waals surface area contributed by atoms with Gasteiger partial charge in [-0.15, -0.1) is 0 Å². The summed E-state index contributed by atoms with van der Waals surface area (Å²) in [7, 11) is 1.76. The molecule has 122 valence electrons. The minimum Gasteiger partial charge on any atom is -0.484 e. The van der Waals surface area contributed by atoms with Crippen molar-refractivity contribution in [1.29, 1.82) is 0 Å². The lowest BCUT2D eigenvalue weighted by Gasteiger charge is -2.23. The Morgan fingerprint density at radius 1 is 1.52 bits per heavy atom. The molecule has 0 spiro atoms. The highest BCUT2D eigenvalue weighted by atomic mass is 16.5. The van der Waals surface area contributed by atoms with Gasteiger partial charge in [0.05, 0.1) is 6.20 Å². The number of nitrogens with zero attached hydrogens (tertiary/aromatic N) is 2. The highest BCUT2D eigenvalue weighted by molar-refractivity contribution is 5.77. The zero-order valence-electron chi connectivity index (χ0n) is 13.4. The number of carbonyl (C=O) groups is 1. The van der Waals surface area contributed by atoms with Gasteiger partial charge >= 0.3 is 0 Å². The quantitative estimate of drug-likeness (QED) is 0.920. The fraction of sp³-hybridized carbons (Fsp3) is 0.412. The average Bonchev–Trinajstić information content (AvgIpc) is 3.23. The van der Waals surface area contributed by atoms with E-state index in [0.717, 1.165) is 36.3 Å². The molecule has 1 atom stereocenters. The fourth-order valence-corrected chi connectivity index (χ4v) is 2.67. The molecule has 2 heterocycles. The summed E-state index contributed by atoms with van der Waals surface area (Å²) in [5.41, 5.74) is 3.03. The van der Waals surface area contributed by atoms with Gasteiger partial charge in [-0.2, -0.15) is 5.10 Å². The van der Waals surface area contributed by atoms with E-state index in [4.69, 9.17) is 9.47 Å². The Labute approximate surface area is 135 Å². The molecule has 3 rings (SSSR count). The Kier molecular flexibility index (Phi) is 4.62. The Morgan fingerprint density at radius 3 is 3.09 bits per heavy atom. The third-order valence-corrected chi connectivity index (χ3v) is 4.07. The largest absolute Gasteiger partial charge is 0.484 e. The number of hydrogen-bond donors (Lipinski definition) is 1. The third-order valence-electron chi connectivity index (χ3n) is 4.07. The van der Waals surface area contributed by atoms with Crippen molar-refractivity contribution in [2.45, 2.75) is 26.0 Å². The summed E-state index contributed by atoms with van der Waals surface area (Å²) >= 11 is 0. The first-order valence-corrected chi connectivity index (χ1v) is 7.75. The number of rotatable bonds is 5. The van der Waals surface area contributed by atoms with Crippen molar-refractivity contribution in [2.24, 2.45) is 0 Å². The van der Waals surface area contributed by atoms with Crippen molar-refractivity contribution < 1.29 is 14.3 Å². The molecule has 1 aliphatic heterocycles. The number of ether oxygens (including phenoxy) is 2. The van der Waals surface area contributed by atoms with E-state index in [0.29, 0.717) is 5.75 Å². The first-order valence-electron chi connectivity index (χ1n) is 7.75. The topological polar surface area (TPSA) is 67.5 Å². The first-order chi connectivity index (χ1) is 11.1. The first kappa shape index (κ1) is 15.6. The van der Waals surface area contributed by atoms with Crippen LogP contribution in [0.3, 0.4) is 0 Å². The number of benzene rings is 1. The number of H-pyrrole nitrogens is 1. The molecule has 2 aromatic rings. The second kappa shape index (κ2) is 6.83. The zero-order chi connectivity index (χ0) is 16.2. The van der Waals surface area contributed by atoms with Crippen molar-refractivity contribution in [3.8, 4) is 16.9 Å². The number of aromatic nitrogens is 2. The molecule has 1 N–H and O–H groups in total. The monoisotopic (exact) mass is 315 g/mol. The molecule has 1 aromatic heterocycles. The Hall–Kier alpha value is -2.34. The molecule has 1 amide bonds. The van der Waals surface area contributed by atoms with E-state index < -0.39 is 0 Å². The number of nitrogens with one attached hydrogen (secondary N) is 1. The summed E-state index contributed by atoms with van der Waals surface area (Å²) < 4.78 is 11.2. The van der Waals surface area contributed by atoms with E-state index >= 15 is 0 Å². The molecule has 1 fully saturated rings. The number of carbonyl (C=O) groups excluding carboxylic acids is 1. The van der Waals surface area contributed by atoms with Crippen LogP contribution in [0.25, 0.3) is 11.1 Å². The Bertz CT molecular complexity index is 677. The van der Waals surface area contributed by atoms with Crippen LogP contribution in [0.4, 0.5) is 0 Å². The maximum Gasteiger partial charge on any atom is 0.262 e. The van der Waals surface area contributed by atoms with E-state index in [1.807, 2.05) is 31.2 Å². The summed E-state index contributed by atoms with van der Waals surface area (Å²) in [5.74, 6) is 0.582. The summed E-state index contributed by atoms with van der Waals surface area (Å²) in [6.45, 7) is 2.69. The van der Waals surface area contributed by atoms with Gasteiger partial charge in [0.1, 0.15) is 12.0 Å². The minimum absolute atomic E-state index is 0.00415. The van der Waals surface area contributed by atoms with Crippen LogP contribution in [0.2, 0.25) is 0 Å². The van der Waals surface area contributed by atoms with Crippen LogP contribution in [0, 0.1) is 6.92 Å². The lowest BCUT2D eigenvalue weighted by Crippen LogP contribution is -2.39. The lowest BCUT2D eigenvalue weighted by molar-refractivity contribution is -0.141. The van der Waals surface area contributed by atoms with Crippen molar-refractivity contribution >= 4 is 5.91 Å². The Balaban J connectivity index is 1.62. The second-order valence-electron chi connectivity index (χ2n) is 5.70. The van der Waals surface area contributed by atoms with Crippen molar-refractivity contribution in [2.75, 3.05) is 20.3 Å². The van der Waals surface area contributed by atoms with Gasteiger partial charge in [-0.05, 0) is 37.5 Å². The average molecular weight is 315 g/mol. The highest BCUT2D eigenvalue weighted by Gasteiger charge is 2.24. The number of amides is 1. The molecule has 23 heavy (non-hydrogen) atoms. The van der Waals surface area contributed by atoms with Gasteiger partial charge in [0.2, 0.25) is 0 Å². The summed E-state index contributed by atoms with van der Waals surface area (Å²) in [5, 5.41) is 6.95. The van der Waals surface area contributed by atoms with Crippen LogP contribution in [-0.2, 0) is 9.53 Å². The standard InChI is InChI=1S/C17H21N3O3/c1-12-15(10-18-19-12)13-5-3-6-14(9-13)23-11-16(21)20(2)17-7-4-8-22-17/h3,5-6,9-10,17H,4,7-8,11H2,1-2H3,(H,18,19)/t17-/m1/s1. The van der Waals surface area contributed by atoms with Gasteiger partial charge in [0.25, 0.3) is 5.91 Å². The molecule has 0 unspecified atom stereocenters. The van der Waals surface area contributed by atoms with Gasteiger partial charge in [-0.3, -0.25) is 9.89 Å². The van der Waals surface area contributed by atoms with Crippen molar-refractivity contribution in [1.82, 2.24) is 15.1 Å². The number of aryl methyl sites for hydroxylation is 1. The number of hydrogen-bond acceptors (Lipinski definition) is 4. The molecule has 6 nitrogen and oxygen atoms in total. The SMILES string of the molecule is Cc1[nH]ncc1-c1cccc(OCC(=O)N(C)[C@H]2CCCO2)c1. The van der Waals surface area contributed by atoms with E-state index in [1.165, 1.54) is 0 Å². The normalized spacial score (nSPS) is 17.2. The number of aromatic amines is 1. The van der Waals surface area contributed by atoms with Crippen LogP contribution in [0.5, 0.6) is 5.75 Å². The zero-order valence-corrected chi connectivity index (χ0v) is 13.4. The van der Waals surface area contributed by atoms with Crippen LogP contribution in [0.1, 0.15) is 18.5 Å². The van der Waals surface area contributed by atoms with E-state index in [1.54, 1.807) is 18.1 Å². The molecule has 6 heteroatoms. The minimum atomic E-state index is -0.119. The van der Waals surface area contributed by atoms with Crippen LogP contribution in [0.15, 0.2) is 30.5 Å². The molecule has 0 bridgehead atoms. The number of likely N-dealkylation sites (N-methyl/N-ethyl adjacent to an activating group) is 1. The molecule has 0 aliphatic carbocycles. The molecule has 1 saturated heterocycles. The molecule has 0 saturated carbocycles. The highest BCUT2D eigenvalue weighted by Crippen LogP contribution is 2.25. The van der Waals surface area contributed by atoms with Gasteiger partial charge < -0.3 is 14.4 Å². The van der Waals surface area contributed by atoms with E-state index in [2.05, 4.69) is 10.2 Å². The summed E-state index contributed by atoms with van der Waals surface area (Å²) in [4.78, 5) is 13.8. The van der Waals surface area contributed by atoms with Crippen LogP contribution in [-0.4, -0.2) is 47.5 Å². The molecule has 1 aliphatic rings. The lowest BCUT2D eigenvalue weighted by atomic mass is 10.1. The maximum absolute atomic E-state index is 12.2. The van der Waals surface area contributed by atoms with Crippen LogP contribution >= 0.6 is 0 Å². The molecular formula is C17H21N3O3.